The minimum absolute atomic E-state index is 0.128. The normalized spacial score (nSPS) is 15.9. The van der Waals surface area contributed by atoms with Crippen molar-refractivity contribution in [2.24, 2.45) is 5.92 Å². The summed E-state index contributed by atoms with van der Waals surface area (Å²) in [5.74, 6) is 0.723. The summed E-state index contributed by atoms with van der Waals surface area (Å²) in [5.41, 5.74) is 2.93. The fourth-order valence-electron chi connectivity index (χ4n) is 3.41. The van der Waals surface area contributed by atoms with Crippen LogP contribution in [0.1, 0.15) is 47.8 Å². The van der Waals surface area contributed by atoms with E-state index in [1.54, 1.807) is 6.20 Å². The van der Waals surface area contributed by atoms with Crippen molar-refractivity contribution in [3.8, 4) is 0 Å². The van der Waals surface area contributed by atoms with E-state index >= 15 is 0 Å². The monoisotopic (exact) mass is 329 g/mol. The number of nitrogens with zero attached hydrogens (tertiary/aromatic N) is 5. The van der Waals surface area contributed by atoms with Gasteiger partial charge in [-0.3, -0.25) is 14.2 Å². The van der Waals surface area contributed by atoms with Crippen LogP contribution in [0.5, 0.6) is 0 Å². The molecule has 1 aliphatic heterocycles. The number of carbonyl (C=O) groups is 1. The zero-order valence-electron chi connectivity index (χ0n) is 14.9. The van der Waals surface area contributed by atoms with Crippen molar-refractivity contribution in [3.05, 3.63) is 35.4 Å². The van der Waals surface area contributed by atoms with Crippen LogP contribution >= 0.6 is 0 Å². The number of rotatable bonds is 5. The lowest BCUT2D eigenvalue weighted by Gasteiger charge is -2.32. The Morgan fingerprint density at radius 1 is 1.21 bits per heavy atom. The standard InChI is InChI=1S/C18H27N5O/c1-4-7-23-15(3)17(11-20-23)18(24)21-8-5-16(6-9-21)13-22-12-14(2)10-19-22/h10-12,16H,4-9,13H2,1-3H3. The second-order valence-electron chi connectivity index (χ2n) is 6.84. The van der Waals surface area contributed by atoms with Gasteiger partial charge in [0.05, 0.1) is 18.0 Å². The molecule has 0 radical (unpaired) electrons. The average Bonchev–Trinajstić information content (AvgIpc) is 3.14. The van der Waals surface area contributed by atoms with Crippen LogP contribution in [0.4, 0.5) is 0 Å². The SMILES string of the molecule is CCCn1ncc(C(=O)N2CCC(Cn3cc(C)cn3)CC2)c1C. The molecular weight excluding hydrogens is 302 g/mol. The zero-order chi connectivity index (χ0) is 17.1. The molecule has 0 unspecified atom stereocenters. The third-order valence-electron chi connectivity index (χ3n) is 4.88. The molecule has 1 saturated heterocycles. The Bertz CT molecular complexity index is 694. The summed E-state index contributed by atoms with van der Waals surface area (Å²) in [4.78, 5) is 14.7. The van der Waals surface area contributed by atoms with E-state index in [9.17, 15) is 4.79 Å². The molecule has 0 spiro atoms. The smallest absolute Gasteiger partial charge is 0.257 e. The van der Waals surface area contributed by atoms with E-state index in [0.717, 1.165) is 56.7 Å². The zero-order valence-corrected chi connectivity index (χ0v) is 14.9. The summed E-state index contributed by atoms with van der Waals surface area (Å²) in [5, 5.41) is 8.72. The Morgan fingerprint density at radius 3 is 2.58 bits per heavy atom. The van der Waals surface area contributed by atoms with Crippen LogP contribution < -0.4 is 0 Å². The quantitative estimate of drug-likeness (QED) is 0.847. The van der Waals surface area contributed by atoms with Gasteiger partial charge in [-0.1, -0.05) is 6.92 Å². The molecule has 2 aromatic rings. The van der Waals surface area contributed by atoms with E-state index in [2.05, 4.69) is 30.2 Å². The van der Waals surface area contributed by atoms with Crippen LogP contribution in [0.2, 0.25) is 0 Å². The summed E-state index contributed by atoms with van der Waals surface area (Å²) < 4.78 is 3.95. The largest absolute Gasteiger partial charge is 0.339 e. The molecule has 0 atom stereocenters. The van der Waals surface area contributed by atoms with Gasteiger partial charge in [0.25, 0.3) is 5.91 Å². The number of carbonyl (C=O) groups excluding carboxylic acids is 1. The van der Waals surface area contributed by atoms with E-state index in [4.69, 9.17) is 0 Å². The highest BCUT2D eigenvalue weighted by Gasteiger charge is 2.26. The molecule has 1 aliphatic rings. The number of hydrogen-bond acceptors (Lipinski definition) is 3. The maximum atomic E-state index is 12.8. The molecule has 0 aliphatic carbocycles. The fourth-order valence-corrected chi connectivity index (χ4v) is 3.41. The molecule has 3 heterocycles. The lowest BCUT2D eigenvalue weighted by molar-refractivity contribution is 0.0680. The highest BCUT2D eigenvalue weighted by Crippen LogP contribution is 2.21. The summed E-state index contributed by atoms with van der Waals surface area (Å²) in [6.07, 6.45) is 8.80. The number of piperidine rings is 1. The van der Waals surface area contributed by atoms with Crippen molar-refractivity contribution in [1.29, 1.82) is 0 Å². The van der Waals surface area contributed by atoms with E-state index in [0.29, 0.717) is 5.92 Å². The number of aryl methyl sites for hydroxylation is 2. The van der Waals surface area contributed by atoms with Crippen LogP contribution in [-0.4, -0.2) is 43.5 Å². The molecule has 130 valence electrons. The lowest BCUT2D eigenvalue weighted by atomic mass is 9.96. The molecule has 0 N–H and O–H groups in total. The van der Waals surface area contributed by atoms with Crippen molar-refractivity contribution in [1.82, 2.24) is 24.5 Å². The number of aromatic nitrogens is 4. The molecule has 1 fully saturated rings. The predicted octanol–water partition coefficient (Wildman–Crippen LogP) is 2.66. The minimum Gasteiger partial charge on any atom is -0.339 e. The average molecular weight is 329 g/mol. The first-order chi connectivity index (χ1) is 11.6. The van der Waals surface area contributed by atoms with Crippen LogP contribution in [0.3, 0.4) is 0 Å². The Hall–Kier alpha value is -2.11. The van der Waals surface area contributed by atoms with Crippen molar-refractivity contribution in [2.45, 2.75) is 53.1 Å². The Balaban J connectivity index is 1.57. The molecular formula is C18H27N5O. The van der Waals surface area contributed by atoms with Gasteiger partial charge in [0, 0.05) is 38.1 Å². The third kappa shape index (κ3) is 3.52. The molecule has 3 rings (SSSR count). The van der Waals surface area contributed by atoms with E-state index in [-0.39, 0.29) is 5.91 Å². The molecule has 6 nitrogen and oxygen atoms in total. The molecule has 0 bridgehead atoms. The Kier molecular flexibility index (Phi) is 5.02. The van der Waals surface area contributed by atoms with Gasteiger partial charge in [0.2, 0.25) is 0 Å². The first-order valence-electron chi connectivity index (χ1n) is 8.89. The summed E-state index contributed by atoms with van der Waals surface area (Å²) >= 11 is 0. The molecule has 0 saturated carbocycles. The van der Waals surface area contributed by atoms with Gasteiger partial charge in [-0.25, -0.2) is 0 Å². The second kappa shape index (κ2) is 7.20. The number of likely N-dealkylation sites (tertiary alicyclic amines) is 1. The van der Waals surface area contributed by atoms with Crippen molar-refractivity contribution < 1.29 is 4.79 Å². The third-order valence-corrected chi connectivity index (χ3v) is 4.88. The lowest BCUT2D eigenvalue weighted by Crippen LogP contribution is -2.39. The van der Waals surface area contributed by atoms with Crippen LogP contribution in [0, 0.1) is 19.8 Å². The van der Waals surface area contributed by atoms with Gasteiger partial charge in [0.15, 0.2) is 0 Å². The molecule has 1 amide bonds. The maximum Gasteiger partial charge on any atom is 0.257 e. The highest BCUT2D eigenvalue weighted by atomic mass is 16.2. The number of amides is 1. The molecule has 6 heteroatoms. The minimum atomic E-state index is 0.128. The first kappa shape index (κ1) is 16.7. The van der Waals surface area contributed by atoms with E-state index in [1.807, 2.05) is 27.4 Å². The maximum absolute atomic E-state index is 12.8. The van der Waals surface area contributed by atoms with Gasteiger partial charge in [-0.05, 0) is 44.6 Å². The van der Waals surface area contributed by atoms with Crippen molar-refractivity contribution >= 4 is 5.91 Å². The molecule has 2 aromatic heterocycles. The topological polar surface area (TPSA) is 56.0 Å². The highest BCUT2D eigenvalue weighted by molar-refractivity contribution is 5.95. The fraction of sp³-hybridized carbons (Fsp3) is 0.611. The summed E-state index contributed by atoms with van der Waals surface area (Å²) in [6, 6.07) is 0. The van der Waals surface area contributed by atoms with E-state index in [1.165, 1.54) is 5.56 Å². The molecule has 24 heavy (non-hydrogen) atoms. The number of hydrogen-bond donors (Lipinski definition) is 0. The summed E-state index contributed by atoms with van der Waals surface area (Å²) in [7, 11) is 0. The van der Waals surface area contributed by atoms with Crippen LogP contribution in [-0.2, 0) is 13.1 Å². The second-order valence-corrected chi connectivity index (χ2v) is 6.84. The van der Waals surface area contributed by atoms with Gasteiger partial charge in [-0.15, -0.1) is 0 Å². The van der Waals surface area contributed by atoms with Crippen LogP contribution in [0.25, 0.3) is 0 Å². The van der Waals surface area contributed by atoms with Gasteiger partial charge < -0.3 is 4.90 Å². The van der Waals surface area contributed by atoms with Crippen molar-refractivity contribution in [3.63, 3.8) is 0 Å². The van der Waals surface area contributed by atoms with Crippen LogP contribution in [0.15, 0.2) is 18.6 Å². The predicted molar refractivity (Wildman–Crippen MR) is 92.8 cm³/mol. The molecule has 0 aromatic carbocycles. The van der Waals surface area contributed by atoms with Gasteiger partial charge >= 0.3 is 0 Å². The van der Waals surface area contributed by atoms with Crippen molar-refractivity contribution in [2.75, 3.05) is 13.1 Å². The Labute approximate surface area is 143 Å². The Morgan fingerprint density at radius 2 is 1.96 bits per heavy atom. The summed E-state index contributed by atoms with van der Waals surface area (Å²) in [6.45, 7) is 9.63. The van der Waals surface area contributed by atoms with Gasteiger partial charge in [0.1, 0.15) is 0 Å². The van der Waals surface area contributed by atoms with Gasteiger partial charge in [-0.2, -0.15) is 10.2 Å². The van der Waals surface area contributed by atoms with E-state index < -0.39 is 0 Å². The first-order valence-corrected chi connectivity index (χ1v) is 8.89.